The maximum Gasteiger partial charge on any atom is 0.243 e. The first-order valence-electron chi connectivity index (χ1n) is 5.59. The highest BCUT2D eigenvalue weighted by Crippen LogP contribution is 2.27. The number of rotatable bonds is 3. The molecule has 0 spiro atoms. The molecule has 94 valence electrons. The first-order chi connectivity index (χ1) is 8.68. The van der Waals surface area contributed by atoms with Gasteiger partial charge in [0.2, 0.25) is 10.0 Å². The number of aromatic nitrogens is 3. The standard InChI is InChI=1S/C11H12N4O2S/c16-18(17,11-4-2-1-3-5-11)14-8-10(9-14)15-7-6-12-13-15/h1-7,10H,8-9H2. The van der Waals surface area contributed by atoms with Crippen LogP contribution in [0.4, 0.5) is 0 Å². The van der Waals surface area contributed by atoms with Crippen LogP contribution in [-0.4, -0.2) is 40.8 Å². The Kier molecular flexibility index (Phi) is 2.64. The zero-order chi connectivity index (χ0) is 12.6. The Bertz CT molecular complexity index is 618. The normalized spacial score (nSPS) is 17.6. The van der Waals surface area contributed by atoms with Crippen molar-refractivity contribution < 1.29 is 8.42 Å². The fourth-order valence-corrected chi connectivity index (χ4v) is 3.47. The van der Waals surface area contributed by atoms with Crippen LogP contribution >= 0.6 is 0 Å². The molecule has 0 aliphatic carbocycles. The Labute approximate surface area is 105 Å². The lowest BCUT2D eigenvalue weighted by molar-refractivity contribution is 0.189. The molecule has 0 unspecified atom stereocenters. The van der Waals surface area contributed by atoms with Gasteiger partial charge in [-0.2, -0.15) is 4.31 Å². The summed E-state index contributed by atoms with van der Waals surface area (Å²) in [6, 6.07) is 8.55. The van der Waals surface area contributed by atoms with Gasteiger partial charge < -0.3 is 0 Å². The minimum Gasteiger partial charge on any atom is -0.247 e. The molecule has 0 atom stereocenters. The molecule has 1 fully saturated rings. The summed E-state index contributed by atoms with van der Waals surface area (Å²) in [5, 5.41) is 7.59. The van der Waals surface area contributed by atoms with Gasteiger partial charge in [-0.1, -0.05) is 23.4 Å². The first kappa shape index (κ1) is 11.4. The molecule has 0 N–H and O–H groups in total. The second-order valence-electron chi connectivity index (χ2n) is 4.17. The lowest BCUT2D eigenvalue weighted by Crippen LogP contribution is -2.50. The van der Waals surface area contributed by atoms with E-state index in [0.29, 0.717) is 18.0 Å². The largest absolute Gasteiger partial charge is 0.247 e. The van der Waals surface area contributed by atoms with E-state index in [1.54, 1.807) is 47.4 Å². The lowest BCUT2D eigenvalue weighted by atomic mass is 10.2. The van der Waals surface area contributed by atoms with Crippen molar-refractivity contribution in [2.24, 2.45) is 0 Å². The van der Waals surface area contributed by atoms with Crippen LogP contribution in [0.2, 0.25) is 0 Å². The number of hydrogen-bond donors (Lipinski definition) is 0. The third-order valence-electron chi connectivity index (χ3n) is 3.02. The third-order valence-corrected chi connectivity index (χ3v) is 4.87. The van der Waals surface area contributed by atoms with Crippen molar-refractivity contribution >= 4 is 10.0 Å². The van der Waals surface area contributed by atoms with Crippen molar-refractivity contribution in [3.05, 3.63) is 42.7 Å². The summed E-state index contributed by atoms with van der Waals surface area (Å²) >= 11 is 0. The molecule has 18 heavy (non-hydrogen) atoms. The van der Waals surface area contributed by atoms with E-state index in [4.69, 9.17) is 0 Å². The highest BCUT2D eigenvalue weighted by atomic mass is 32.2. The quantitative estimate of drug-likeness (QED) is 0.810. The monoisotopic (exact) mass is 264 g/mol. The Balaban J connectivity index is 1.75. The molecule has 0 amide bonds. The van der Waals surface area contributed by atoms with E-state index >= 15 is 0 Å². The highest BCUT2D eigenvalue weighted by molar-refractivity contribution is 7.89. The molecule has 0 saturated carbocycles. The fourth-order valence-electron chi connectivity index (χ4n) is 1.93. The molecule has 0 bridgehead atoms. The predicted octanol–water partition coefficient (Wildman–Crippen LogP) is 0.524. The highest BCUT2D eigenvalue weighted by Gasteiger charge is 2.37. The SMILES string of the molecule is O=S(=O)(c1ccccc1)N1CC(n2ccnn2)C1. The number of hydrogen-bond acceptors (Lipinski definition) is 4. The summed E-state index contributed by atoms with van der Waals surface area (Å²) in [6.45, 7) is 0.890. The van der Waals surface area contributed by atoms with Crippen LogP contribution in [0.15, 0.2) is 47.6 Å². The summed E-state index contributed by atoms with van der Waals surface area (Å²) in [5.74, 6) is 0. The molecule has 1 aliphatic rings. The van der Waals surface area contributed by atoms with E-state index in [2.05, 4.69) is 10.3 Å². The maximum absolute atomic E-state index is 12.2. The van der Waals surface area contributed by atoms with Gasteiger partial charge in [0.15, 0.2) is 0 Å². The molecule has 2 aromatic rings. The van der Waals surface area contributed by atoms with Crippen molar-refractivity contribution in [3.8, 4) is 0 Å². The molecule has 3 rings (SSSR count). The van der Waals surface area contributed by atoms with Gasteiger partial charge in [0.25, 0.3) is 0 Å². The molecule has 2 heterocycles. The van der Waals surface area contributed by atoms with E-state index < -0.39 is 10.0 Å². The second-order valence-corrected chi connectivity index (χ2v) is 6.11. The summed E-state index contributed by atoms with van der Waals surface area (Å²) in [7, 11) is -3.35. The zero-order valence-corrected chi connectivity index (χ0v) is 10.4. The van der Waals surface area contributed by atoms with E-state index in [1.165, 1.54) is 4.31 Å². The van der Waals surface area contributed by atoms with Crippen LogP contribution in [0.5, 0.6) is 0 Å². The van der Waals surface area contributed by atoms with Crippen molar-refractivity contribution in [2.45, 2.75) is 10.9 Å². The maximum atomic E-state index is 12.2. The Hall–Kier alpha value is -1.73. The summed E-state index contributed by atoms with van der Waals surface area (Å²) in [6.07, 6.45) is 3.34. The Morgan fingerprint density at radius 2 is 1.89 bits per heavy atom. The van der Waals surface area contributed by atoms with Gasteiger partial charge in [0.1, 0.15) is 0 Å². The van der Waals surface area contributed by atoms with Crippen molar-refractivity contribution in [1.29, 1.82) is 0 Å². The third kappa shape index (κ3) is 1.81. The topological polar surface area (TPSA) is 68.1 Å². The van der Waals surface area contributed by atoms with Crippen LogP contribution < -0.4 is 0 Å². The summed E-state index contributed by atoms with van der Waals surface area (Å²) in [4.78, 5) is 0.335. The average Bonchev–Trinajstić information content (AvgIpc) is 2.81. The van der Waals surface area contributed by atoms with Gasteiger partial charge in [-0.05, 0) is 12.1 Å². The Morgan fingerprint density at radius 1 is 1.17 bits per heavy atom. The summed E-state index contributed by atoms with van der Waals surface area (Å²) in [5.41, 5.74) is 0. The molecular formula is C11H12N4O2S. The molecule has 1 saturated heterocycles. The van der Waals surface area contributed by atoms with Gasteiger partial charge >= 0.3 is 0 Å². The fraction of sp³-hybridized carbons (Fsp3) is 0.273. The zero-order valence-electron chi connectivity index (χ0n) is 9.55. The van der Waals surface area contributed by atoms with E-state index in [1.807, 2.05) is 0 Å². The minimum absolute atomic E-state index is 0.0889. The van der Waals surface area contributed by atoms with Crippen molar-refractivity contribution in [1.82, 2.24) is 19.3 Å². The van der Waals surface area contributed by atoms with E-state index in [0.717, 1.165) is 0 Å². The molecule has 6 nitrogen and oxygen atoms in total. The second kappa shape index (κ2) is 4.18. The first-order valence-corrected chi connectivity index (χ1v) is 7.03. The minimum atomic E-state index is -3.35. The average molecular weight is 264 g/mol. The predicted molar refractivity (Wildman–Crippen MR) is 64.3 cm³/mol. The van der Waals surface area contributed by atoms with Gasteiger partial charge in [0.05, 0.1) is 17.1 Å². The van der Waals surface area contributed by atoms with Crippen LogP contribution in [0.3, 0.4) is 0 Å². The summed E-state index contributed by atoms with van der Waals surface area (Å²) < 4.78 is 27.6. The van der Waals surface area contributed by atoms with E-state index in [9.17, 15) is 8.42 Å². The molecule has 0 radical (unpaired) electrons. The van der Waals surface area contributed by atoms with Gasteiger partial charge in [-0.3, -0.25) is 0 Å². The van der Waals surface area contributed by atoms with Crippen molar-refractivity contribution in [2.75, 3.05) is 13.1 Å². The number of benzene rings is 1. The van der Waals surface area contributed by atoms with Crippen LogP contribution in [0.25, 0.3) is 0 Å². The Morgan fingerprint density at radius 3 is 2.50 bits per heavy atom. The molecule has 1 aliphatic heterocycles. The van der Waals surface area contributed by atoms with Gasteiger partial charge in [0, 0.05) is 19.3 Å². The molecular weight excluding hydrogens is 252 g/mol. The smallest absolute Gasteiger partial charge is 0.243 e. The van der Waals surface area contributed by atoms with Crippen molar-refractivity contribution in [3.63, 3.8) is 0 Å². The van der Waals surface area contributed by atoms with Gasteiger partial charge in [-0.15, -0.1) is 5.10 Å². The molecule has 1 aromatic heterocycles. The van der Waals surface area contributed by atoms with Gasteiger partial charge in [-0.25, -0.2) is 13.1 Å². The number of nitrogens with zero attached hydrogens (tertiary/aromatic N) is 4. The van der Waals surface area contributed by atoms with Crippen LogP contribution in [-0.2, 0) is 10.0 Å². The molecule has 1 aromatic carbocycles. The molecule has 7 heteroatoms. The van der Waals surface area contributed by atoms with Crippen LogP contribution in [0, 0.1) is 0 Å². The number of sulfonamides is 1. The lowest BCUT2D eigenvalue weighted by Gasteiger charge is -2.37. The van der Waals surface area contributed by atoms with E-state index in [-0.39, 0.29) is 6.04 Å². The van der Waals surface area contributed by atoms with Crippen LogP contribution in [0.1, 0.15) is 6.04 Å².